The molecule has 6 heteroatoms. The van der Waals surface area contributed by atoms with Gasteiger partial charge >= 0.3 is 0 Å². The Morgan fingerprint density at radius 1 is 1.33 bits per heavy atom. The van der Waals surface area contributed by atoms with Crippen LogP contribution in [0.15, 0.2) is 10.6 Å². The number of likely N-dealkylation sites (tertiary alicyclic amines) is 1. The number of carbonyl (C=O) groups excluding carboxylic acids is 1. The maximum absolute atomic E-state index is 13.0. The van der Waals surface area contributed by atoms with Gasteiger partial charge < -0.3 is 14.0 Å². The van der Waals surface area contributed by atoms with Gasteiger partial charge in [-0.05, 0) is 53.5 Å². The van der Waals surface area contributed by atoms with E-state index in [-0.39, 0.29) is 11.8 Å². The second kappa shape index (κ2) is 6.42. The first-order valence-electron chi connectivity index (χ1n) is 8.66. The smallest absolute Gasteiger partial charge is 0.255 e. The highest BCUT2D eigenvalue weighted by atomic mass is 16.5. The third kappa shape index (κ3) is 2.97. The fraction of sp³-hybridized carbons (Fsp3) is 0.611. The molecular weight excluding hydrogens is 304 g/mol. The van der Waals surface area contributed by atoms with Gasteiger partial charge in [-0.25, -0.2) is 0 Å². The Balaban J connectivity index is 1.81. The Hall–Kier alpha value is -2.11. The SMILES string of the molecule is Cc1noc([C@@H]2CCCN(C(=O)c3cc(C)n(C(C)C)c3C)C2)n1. The molecule has 1 atom stereocenters. The quantitative estimate of drug-likeness (QED) is 0.865. The molecule has 24 heavy (non-hydrogen) atoms. The van der Waals surface area contributed by atoms with Crippen molar-refractivity contribution in [2.75, 3.05) is 13.1 Å². The van der Waals surface area contributed by atoms with Crippen LogP contribution >= 0.6 is 0 Å². The highest BCUT2D eigenvalue weighted by Crippen LogP contribution is 2.28. The second-order valence-electron chi connectivity index (χ2n) is 7.02. The van der Waals surface area contributed by atoms with Crippen molar-refractivity contribution < 1.29 is 9.32 Å². The molecule has 2 aromatic heterocycles. The number of piperidine rings is 1. The molecule has 0 spiro atoms. The summed E-state index contributed by atoms with van der Waals surface area (Å²) in [4.78, 5) is 19.3. The summed E-state index contributed by atoms with van der Waals surface area (Å²) in [5, 5.41) is 3.88. The van der Waals surface area contributed by atoms with Gasteiger partial charge in [0.2, 0.25) is 5.89 Å². The van der Waals surface area contributed by atoms with Crippen LogP contribution in [0.25, 0.3) is 0 Å². The summed E-state index contributed by atoms with van der Waals surface area (Å²) in [6.07, 6.45) is 1.94. The number of hydrogen-bond donors (Lipinski definition) is 0. The van der Waals surface area contributed by atoms with Crippen LogP contribution in [0, 0.1) is 20.8 Å². The fourth-order valence-electron chi connectivity index (χ4n) is 3.80. The predicted octanol–water partition coefficient (Wildman–Crippen LogP) is 3.40. The van der Waals surface area contributed by atoms with Crippen LogP contribution < -0.4 is 0 Å². The molecule has 1 fully saturated rings. The number of nitrogens with zero attached hydrogens (tertiary/aromatic N) is 4. The number of amides is 1. The zero-order chi connectivity index (χ0) is 17.4. The molecule has 0 aliphatic carbocycles. The Bertz CT molecular complexity index is 744. The van der Waals surface area contributed by atoms with Crippen LogP contribution in [-0.2, 0) is 0 Å². The van der Waals surface area contributed by atoms with E-state index in [0.717, 1.165) is 36.3 Å². The molecule has 0 bridgehead atoms. The van der Waals surface area contributed by atoms with Gasteiger partial charge in [0.25, 0.3) is 5.91 Å². The largest absolute Gasteiger partial charge is 0.346 e. The standard InChI is InChI=1S/C18H26N4O2/c1-11(2)22-12(3)9-16(13(22)4)18(23)21-8-6-7-15(10-21)17-19-14(5)20-24-17/h9,11,15H,6-8,10H2,1-5H3/t15-/m1/s1. The molecule has 3 rings (SSSR count). The summed E-state index contributed by atoms with van der Waals surface area (Å²) in [7, 11) is 0. The second-order valence-corrected chi connectivity index (χ2v) is 7.02. The third-order valence-electron chi connectivity index (χ3n) is 4.83. The van der Waals surface area contributed by atoms with Gasteiger partial charge in [0.05, 0.1) is 11.5 Å². The van der Waals surface area contributed by atoms with Crippen molar-refractivity contribution in [2.24, 2.45) is 0 Å². The Morgan fingerprint density at radius 3 is 2.67 bits per heavy atom. The molecule has 0 radical (unpaired) electrons. The zero-order valence-electron chi connectivity index (χ0n) is 15.2. The van der Waals surface area contributed by atoms with E-state index in [1.165, 1.54) is 0 Å². The number of aryl methyl sites for hydroxylation is 2. The molecule has 130 valence electrons. The molecule has 1 aliphatic heterocycles. The van der Waals surface area contributed by atoms with Gasteiger partial charge in [-0.1, -0.05) is 5.16 Å². The van der Waals surface area contributed by atoms with Crippen LogP contribution in [0.3, 0.4) is 0 Å². The predicted molar refractivity (Wildman–Crippen MR) is 91.2 cm³/mol. The molecule has 3 heterocycles. The van der Waals surface area contributed by atoms with Crippen molar-refractivity contribution in [1.29, 1.82) is 0 Å². The number of rotatable bonds is 3. The average molecular weight is 330 g/mol. The monoisotopic (exact) mass is 330 g/mol. The molecule has 0 N–H and O–H groups in total. The third-order valence-corrected chi connectivity index (χ3v) is 4.83. The average Bonchev–Trinajstić information content (AvgIpc) is 3.10. The van der Waals surface area contributed by atoms with Crippen LogP contribution in [0.4, 0.5) is 0 Å². The van der Waals surface area contributed by atoms with Crippen molar-refractivity contribution in [2.45, 2.75) is 59.4 Å². The highest BCUT2D eigenvalue weighted by Gasteiger charge is 2.30. The number of aromatic nitrogens is 3. The minimum absolute atomic E-state index is 0.107. The first kappa shape index (κ1) is 16.7. The van der Waals surface area contributed by atoms with E-state index in [0.29, 0.717) is 24.3 Å². The van der Waals surface area contributed by atoms with E-state index in [4.69, 9.17) is 4.52 Å². The van der Waals surface area contributed by atoms with Crippen LogP contribution in [-0.4, -0.2) is 38.6 Å². The molecule has 1 amide bonds. The molecule has 0 aromatic carbocycles. The Kier molecular flexibility index (Phi) is 4.47. The van der Waals surface area contributed by atoms with Gasteiger partial charge in [0.15, 0.2) is 5.82 Å². The van der Waals surface area contributed by atoms with E-state index in [9.17, 15) is 4.79 Å². The van der Waals surface area contributed by atoms with Crippen LogP contribution in [0.5, 0.6) is 0 Å². The maximum Gasteiger partial charge on any atom is 0.255 e. The lowest BCUT2D eigenvalue weighted by Crippen LogP contribution is -2.39. The molecule has 2 aromatic rings. The van der Waals surface area contributed by atoms with E-state index in [1.807, 2.05) is 24.8 Å². The van der Waals surface area contributed by atoms with Crippen molar-refractivity contribution in [3.63, 3.8) is 0 Å². The van der Waals surface area contributed by atoms with Crippen LogP contribution in [0.2, 0.25) is 0 Å². The Labute approximate surface area is 142 Å². The minimum Gasteiger partial charge on any atom is -0.346 e. The van der Waals surface area contributed by atoms with Crippen molar-refractivity contribution in [3.8, 4) is 0 Å². The Morgan fingerprint density at radius 2 is 2.08 bits per heavy atom. The van der Waals surface area contributed by atoms with E-state index < -0.39 is 0 Å². The minimum atomic E-state index is 0.107. The highest BCUT2D eigenvalue weighted by molar-refractivity contribution is 5.95. The number of carbonyl (C=O) groups is 1. The summed E-state index contributed by atoms with van der Waals surface area (Å²) < 4.78 is 7.53. The lowest BCUT2D eigenvalue weighted by molar-refractivity contribution is 0.0694. The molecule has 0 unspecified atom stereocenters. The summed E-state index contributed by atoms with van der Waals surface area (Å²) in [6, 6.07) is 2.36. The van der Waals surface area contributed by atoms with E-state index in [1.54, 1.807) is 0 Å². The van der Waals surface area contributed by atoms with Crippen molar-refractivity contribution in [3.05, 3.63) is 34.7 Å². The normalized spacial score (nSPS) is 18.4. The molecule has 1 aliphatic rings. The molecule has 6 nitrogen and oxygen atoms in total. The topological polar surface area (TPSA) is 64.2 Å². The van der Waals surface area contributed by atoms with Gasteiger partial charge in [0, 0.05) is 30.5 Å². The van der Waals surface area contributed by atoms with Gasteiger partial charge in [-0.3, -0.25) is 4.79 Å². The zero-order valence-corrected chi connectivity index (χ0v) is 15.2. The van der Waals surface area contributed by atoms with E-state index >= 15 is 0 Å². The first-order chi connectivity index (χ1) is 11.4. The fourth-order valence-corrected chi connectivity index (χ4v) is 3.80. The number of hydrogen-bond acceptors (Lipinski definition) is 4. The molecule has 0 saturated carbocycles. The van der Waals surface area contributed by atoms with E-state index in [2.05, 4.69) is 35.5 Å². The first-order valence-corrected chi connectivity index (χ1v) is 8.66. The van der Waals surface area contributed by atoms with Crippen molar-refractivity contribution in [1.82, 2.24) is 19.6 Å². The lowest BCUT2D eigenvalue weighted by atomic mass is 9.97. The van der Waals surface area contributed by atoms with Crippen molar-refractivity contribution >= 4 is 5.91 Å². The summed E-state index contributed by atoms with van der Waals surface area (Å²) >= 11 is 0. The molecular formula is C18H26N4O2. The summed E-state index contributed by atoms with van der Waals surface area (Å²) in [5.41, 5.74) is 2.98. The van der Waals surface area contributed by atoms with Gasteiger partial charge in [-0.2, -0.15) is 4.98 Å². The van der Waals surface area contributed by atoms with Crippen LogP contribution in [0.1, 0.15) is 72.1 Å². The summed E-state index contributed by atoms with van der Waals surface area (Å²) in [6.45, 7) is 11.6. The lowest BCUT2D eigenvalue weighted by Gasteiger charge is -2.31. The summed E-state index contributed by atoms with van der Waals surface area (Å²) in [5.74, 6) is 1.54. The van der Waals surface area contributed by atoms with Gasteiger partial charge in [0.1, 0.15) is 0 Å². The maximum atomic E-state index is 13.0. The van der Waals surface area contributed by atoms with Gasteiger partial charge in [-0.15, -0.1) is 0 Å². The molecule has 1 saturated heterocycles.